The Kier molecular flexibility index (Phi) is 4.55. The van der Waals surface area contributed by atoms with E-state index in [4.69, 9.17) is 5.53 Å². The molecule has 0 aliphatic rings. The van der Waals surface area contributed by atoms with Crippen LogP contribution in [0.15, 0.2) is 23.3 Å². The average molecular weight is 233 g/mol. The minimum absolute atomic E-state index is 0.0133. The number of carbonyl (C=O) groups is 1. The SMILES string of the molecule is COC(=O)c1cc(F)cc(C#CCN=[N+]=[N-])c1. The summed E-state index contributed by atoms with van der Waals surface area (Å²) in [6.45, 7) is -0.0133. The quantitative estimate of drug-likeness (QED) is 0.258. The maximum Gasteiger partial charge on any atom is 0.337 e. The van der Waals surface area contributed by atoms with Crippen LogP contribution in [0.5, 0.6) is 0 Å². The van der Waals surface area contributed by atoms with E-state index in [0.29, 0.717) is 5.56 Å². The summed E-state index contributed by atoms with van der Waals surface area (Å²) < 4.78 is 17.6. The molecule has 0 N–H and O–H groups in total. The lowest BCUT2D eigenvalue weighted by Crippen LogP contribution is -2.02. The summed E-state index contributed by atoms with van der Waals surface area (Å²) >= 11 is 0. The molecule has 0 unspecified atom stereocenters. The summed E-state index contributed by atoms with van der Waals surface area (Å²) in [4.78, 5) is 13.7. The number of hydrogen-bond donors (Lipinski definition) is 0. The van der Waals surface area contributed by atoms with Gasteiger partial charge in [-0.3, -0.25) is 0 Å². The molecule has 0 saturated carbocycles. The highest BCUT2D eigenvalue weighted by Gasteiger charge is 2.07. The maximum atomic E-state index is 13.1. The molecule has 1 aromatic rings. The molecule has 0 aliphatic heterocycles. The van der Waals surface area contributed by atoms with Crippen LogP contribution < -0.4 is 0 Å². The van der Waals surface area contributed by atoms with E-state index in [1.165, 1.54) is 19.2 Å². The highest BCUT2D eigenvalue weighted by Crippen LogP contribution is 2.09. The Morgan fingerprint density at radius 2 is 2.35 bits per heavy atom. The highest BCUT2D eigenvalue weighted by molar-refractivity contribution is 5.89. The van der Waals surface area contributed by atoms with Gasteiger partial charge in [-0.25, -0.2) is 9.18 Å². The van der Waals surface area contributed by atoms with Crippen molar-refractivity contribution in [2.24, 2.45) is 5.11 Å². The number of azide groups is 1. The second-order valence-corrected chi connectivity index (χ2v) is 2.91. The zero-order valence-electron chi connectivity index (χ0n) is 8.98. The van der Waals surface area contributed by atoms with Crippen molar-refractivity contribution in [2.45, 2.75) is 0 Å². The summed E-state index contributed by atoms with van der Waals surface area (Å²) in [6, 6.07) is 3.64. The van der Waals surface area contributed by atoms with Gasteiger partial charge in [0.25, 0.3) is 0 Å². The molecule has 1 aromatic carbocycles. The van der Waals surface area contributed by atoms with Crippen molar-refractivity contribution in [1.29, 1.82) is 0 Å². The van der Waals surface area contributed by atoms with E-state index in [0.717, 1.165) is 6.07 Å². The molecular formula is C11H8FN3O2. The Balaban J connectivity index is 2.99. The molecule has 0 heterocycles. The molecule has 0 atom stereocenters. The number of rotatable bonds is 2. The van der Waals surface area contributed by atoms with Gasteiger partial charge in [-0.2, -0.15) is 0 Å². The predicted octanol–water partition coefficient (Wildman–Crippen LogP) is 2.27. The first kappa shape index (κ1) is 12.6. The largest absolute Gasteiger partial charge is 0.465 e. The monoisotopic (exact) mass is 233 g/mol. The molecule has 0 fully saturated rings. The van der Waals surface area contributed by atoms with E-state index in [2.05, 4.69) is 26.6 Å². The van der Waals surface area contributed by atoms with E-state index in [1.54, 1.807) is 0 Å². The van der Waals surface area contributed by atoms with Crippen molar-refractivity contribution in [3.63, 3.8) is 0 Å². The molecule has 17 heavy (non-hydrogen) atoms. The fourth-order valence-corrected chi connectivity index (χ4v) is 1.11. The van der Waals surface area contributed by atoms with E-state index in [-0.39, 0.29) is 12.1 Å². The number of methoxy groups -OCH3 is 1. The number of esters is 1. The molecule has 0 saturated heterocycles. The van der Waals surface area contributed by atoms with Crippen LogP contribution in [0.1, 0.15) is 15.9 Å². The summed E-state index contributed by atoms with van der Waals surface area (Å²) in [6.07, 6.45) is 0. The van der Waals surface area contributed by atoms with Gasteiger partial charge in [-0.15, -0.1) is 0 Å². The van der Waals surface area contributed by atoms with Crippen LogP contribution in [0.3, 0.4) is 0 Å². The van der Waals surface area contributed by atoms with Crippen LogP contribution in [0.4, 0.5) is 4.39 Å². The predicted molar refractivity (Wildman–Crippen MR) is 58.6 cm³/mol. The number of hydrogen-bond acceptors (Lipinski definition) is 3. The third-order valence-electron chi connectivity index (χ3n) is 1.76. The van der Waals surface area contributed by atoms with Gasteiger partial charge in [0, 0.05) is 10.5 Å². The lowest BCUT2D eigenvalue weighted by Gasteiger charge is -2.00. The first-order chi connectivity index (χ1) is 8.17. The molecule has 6 heteroatoms. The number of benzene rings is 1. The van der Waals surface area contributed by atoms with Crippen LogP contribution in [0, 0.1) is 17.7 Å². The number of nitrogens with zero attached hydrogens (tertiary/aromatic N) is 3. The van der Waals surface area contributed by atoms with Gasteiger partial charge in [-0.1, -0.05) is 17.0 Å². The first-order valence-electron chi connectivity index (χ1n) is 4.56. The van der Waals surface area contributed by atoms with E-state index >= 15 is 0 Å². The van der Waals surface area contributed by atoms with Gasteiger partial charge < -0.3 is 4.74 Å². The summed E-state index contributed by atoms with van der Waals surface area (Å²) in [5.74, 6) is 3.88. The zero-order valence-corrected chi connectivity index (χ0v) is 8.98. The molecular weight excluding hydrogens is 225 g/mol. The average Bonchev–Trinajstić information content (AvgIpc) is 2.33. The zero-order chi connectivity index (χ0) is 12.7. The first-order valence-corrected chi connectivity index (χ1v) is 4.56. The van der Waals surface area contributed by atoms with Crippen molar-refractivity contribution < 1.29 is 13.9 Å². The van der Waals surface area contributed by atoms with E-state index < -0.39 is 11.8 Å². The molecule has 1 rings (SSSR count). The van der Waals surface area contributed by atoms with Crippen molar-refractivity contribution >= 4 is 5.97 Å². The smallest absolute Gasteiger partial charge is 0.337 e. The maximum absolute atomic E-state index is 13.1. The van der Waals surface area contributed by atoms with Gasteiger partial charge in [0.15, 0.2) is 0 Å². The van der Waals surface area contributed by atoms with Crippen LogP contribution in [-0.2, 0) is 4.74 Å². The lowest BCUT2D eigenvalue weighted by atomic mass is 10.1. The molecule has 0 spiro atoms. The molecule has 0 radical (unpaired) electrons. The molecule has 86 valence electrons. The van der Waals surface area contributed by atoms with Crippen LogP contribution in [0.25, 0.3) is 10.4 Å². The van der Waals surface area contributed by atoms with Crippen molar-refractivity contribution in [1.82, 2.24) is 0 Å². The molecule has 0 aliphatic carbocycles. The molecule has 5 nitrogen and oxygen atoms in total. The Morgan fingerprint density at radius 3 is 3.00 bits per heavy atom. The Hall–Kier alpha value is -2.51. The van der Waals surface area contributed by atoms with Crippen LogP contribution >= 0.6 is 0 Å². The van der Waals surface area contributed by atoms with E-state index in [1.807, 2.05) is 0 Å². The van der Waals surface area contributed by atoms with Gasteiger partial charge in [0.05, 0.1) is 19.2 Å². The van der Waals surface area contributed by atoms with Gasteiger partial charge in [-0.05, 0) is 23.7 Å². The normalized spacial score (nSPS) is 8.59. The van der Waals surface area contributed by atoms with Crippen molar-refractivity contribution in [2.75, 3.05) is 13.7 Å². The minimum atomic E-state index is -0.636. The van der Waals surface area contributed by atoms with Gasteiger partial charge in [0.2, 0.25) is 0 Å². The Morgan fingerprint density at radius 1 is 1.59 bits per heavy atom. The van der Waals surface area contributed by atoms with E-state index in [9.17, 15) is 9.18 Å². The molecule has 0 aromatic heterocycles. The third-order valence-corrected chi connectivity index (χ3v) is 1.76. The second-order valence-electron chi connectivity index (χ2n) is 2.91. The van der Waals surface area contributed by atoms with Gasteiger partial charge in [0.1, 0.15) is 5.82 Å². The Bertz CT molecular complexity index is 539. The summed E-state index contributed by atoms with van der Waals surface area (Å²) in [5, 5.41) is 3.20. The van der Waals surface area contributed by atoms with Crippen LogP contribution in [0.2, 0.25) is 0 Å². The van der Waals surface area contributed by atoms with Crippen molar-refractivity contribution in [3.8, 4) is 11.8 Å². The minimum Gasteiger partial charge on any atom is -0.465 e. The number of carbonyl (C=O) groups excluding carboxylic acids is 1. The third kappa shape index (κ3) is 3.86. The van der Waals surface area contributed by atoms with Crippen molar-refractivity contribution in [3.05, 3.63) is 45.6 Å². The fraction of sp³-hybridized carbons (Fsp3) is 0.182. The summed E-state index contributed by atoms with van der Waals surface area (Å²) in [5.41, 5.74) is 8.43. The second kappa shape index (κ2) is 6.16. The standard InChI is InChI=1S/C11H8FN3O2/c1-17-11(16)9-5-8(6-10(12)7-9)3-2-4-14-15-13/h5-7H,4H2,1H3. The number of ether oxygens (including phenoxy) is 1. The summed E-state index contributed by atoms with van der Waals surface area (Å²) in [7, 11) is 1.21. The molecule has 0 bridgehead atoms. The highest BCUT2D eigenvalue weighted by atomic mass is 19.1. The lowest BCUT2D eigenvalue weighted by molar-refractivity contribution is 0.0600. The topological polar surface area (TPSA) is 75.1 Å². The Labute approximate surface area is 96.8 Å². The van der Waals surface area contributed by atoms with Crippen LogP contribution in [-0.4, -0.2) is 19.6 Å². The number of halogens is 1. The fourth-order valence-electron chi connectivity index (χ4n) is 1.11. The molecule has 0 amide bonds. The van der Waals surface area contributed by atoms with Gasteiger partial charge >= 0.3 is 5.97 Å².